The predicted molar refractivity (Wildman–Crippen MR) is 191 cm³/mol. The Bertz CT molecular complexity index is 2380. The minimum Gasteiger partial charge on any atom is -0.309 e. The summed E-state index contributed by atoms with van der Waals surface area (Å²) in [6.45, 7) is 9.72. The lowest BCUT2D eigenvalue weighted by atomic mass is 9.55. The summed E-state index contributed by atoms with van der Waals surface area (Å²) in [5.41, 5.74) is 11.7. The Balaban J connectivity index is 1.19. The largest absolute Gasteiger partial charge is 0.309 e. The zero-order valence-corrected chi connectivity index (χ0v) is 26.3. The molecule has 1 aliphatic rings. The van der Waals surface area contributed by atoms with Crippen LogP contribution in [0.3, 0.4) is 0 Å². The van der Waals surface area contributed by atoms with Crippen molar-refractivity contribution in [3.63, 3.8) is 0 Å². The molecule has 212 valence electrons. The maximum Gasteiger partial charge on any atom is 0.0541 e. The van der Waals surface area contributed by atoms with Gasteiger partial charge < -0.3 is 4.57 Å². The summed E-state index contributed by atoms with van der Waals surface area (Å²) in [5.74, 6) is 0. The van der Waals surface area contributed by atoms with Gasteiger partial charge in [-0.3, -0.25) is 0 Å². The first-order valence-corrected chi connectivity index (χ1v) is 16.3. The molecule has 0 unspecified atom stereocenters. The van der Waals surface area contributed by atoms with E-state index in [0.717, 1.165) is 0 Å². The molecule has 9 rings (SSSR count). The van der Waals surface area contributed by atoms with Crippen molar-refractivity contribution in [2.45, 2.75) is 38.5 Å². The van der Waals surface area contributed by atoms with Gasteiger partial charge >= 0.3 is 0 Å². The third-order valence-corrected chi connectivity index (χ3v) is 11.9. The van der Waals surface area contributed by atoms with E-state index < -0.39 is 0 Å². The van der Waals surface area contributed by atoms with Crippen LogP contribution in [0.25, 0.3) is 69.9 Å². The Morgan fingerprint density at radius 2 is 1.02 bits per heavy atom. The molecule has 2 heteroatoms. The van der Waals surface area contributed by atoms with Crippen LogP contribution in [0.2, 0.25) is 0 Å². The molecular formula is C42H33NS. The number of hydrogen-bond acceptors (Lipinski definition) is 1. The van der Waals surface area contributed by atoms with Crippen LogP contribution in [0.5, 0.6) is 0 Å². The second kappa shape index (κ2) is 8.94. The maximum absolute atomic E-state index is 2.49. The molecule has 1 nitrogen and oxygen atoms in total. The number of thiophene rings is 1. The molecule has 0 radical (unpaired) electrons. The first-order valence-electron chi connectivity index (χ1n) is 15.5. The van der Waals surface area contributed by atoms with E-state index in [9.17, 15) is 0 Å². The van der Waals surface area contributed by atoms with E-state index in [2.05, 4.69) is 160 Å². The number of hydrogen-bond donors (Lipinski definition) is 0. The van der Waals surface area contributed by atoms with Gasteiger partial charge in [0.05, 0.1) is 11.0 Å². The van der Waals surface area contributed by atoms with Gasteiger partial charge in [-0.25, -0.2) is 0 Å². The van der Waals surface area contributed by atoms with Gasteiger partial charge in [-0.2, -0.15) is 0 Å². The molecule has 0 N–H and O–H groups in total. The lowest BCUT2D eigenvalue weighted by Gasteiger charge is -2.48. The highest BCUT2D eigenvalue weighted by molar-refractivity contribution is 7.25. The number of nitrogens with zero attached hydrogens (tertiary/aromatic N) is 1. The van der Waals surface area contributed by atoms with Crippen molar-refractivity contribution in [3.8, 4) is 27.9 Å². The average Bonchev–Trinajstić information content (AvgIpc) is 3.59. The lowest BCUT2D eigenvalue weighted by Crippen LogP contribution is -2.43. The monoisotopic (exact) mass is 583 g/mol. The van der Waals surface area contributed by atoms with Gasteiger partial charge in [0, 0.05) is 36.6 Å². The Labute approximate surface area is 262 Å². The fourth-order valence-electron chi connectivity index (χ4n) is 7.66. The standard InChI is InChI=1S/C42H33NS/c1-41(2)35-23-27(26-17-20-28(21-18-26)43-37-14-8-5-11-30(37)31-12-6-9-15-38(31)43)19-22-29(35)33-24-34-32-13-7-10-16-39(32)44-40(34)25-36(33)42(41,3)4/h5-25H,1-4H3. The molecule has 0 fully saturated rings. The summed E-state index contributed by atoms with van der Waals surface area (Å²) in [5, 5.41) is 5.31. The Hall–Kier alpha value is -4.66. The molecule has 0 spiro atoms. The highest BCUT2D eigenvalue weighted by atomic mass is 32.1. The second-order valence-corrected chi connectivity index (χ2v) is 14.5. The van der Waals surface area contributed by atoms with Gasteiger partial charge in [0.15, 0.2) is 0 Å². The average molecular weight is 584 g/mol. The molecule has 6 aromatic carbocycles. The highest BCUT2D eigenvalue weighted by Crippen LogP contribution is 2.56. The molecular weight excluding hydrogens is 551 g/mol. The Morgan fingerprint density at radius 1 is 0.455 bits per heavy atom. The molecule has 0 bridgehead atoms. The third kappa shape index (κ3) is 3.41. The highest BCUT2D eigenvalue weighted by Gasteiger charge is 2.46. The fourth-order valence-corrected chi connectivity index (χ4v) is 8.79. The first-order chi connectivity index (χ1) is 21.3. The SMILES string of the molecule is CC1(C)c2cc(-c3ccc(-n4c5ccccc5c5ccccc54)cc3)ccc2-c2cc3c(cc2C1(C)C)sc1ccccc13. The zero-order valence-electron chi connectivity index (χ0n) is 25.5. The number of aromatic nitrogens is 1. The summed E-state index contributed by atoms with van der Waals surface area (Å²) in [4.78, 5) is 0. The minimum absolute atomic E-state index is 0.0291. The van der Waals surface area contributed by atoms with E-state index in [1.165, 1.54) is 81.0 Å². The van der Waals surface area contributed by atoms with Crippen molar-refractivity contribution in [2.24, 2.45) is 0 Å². The van der Waals surface area contributed by atoms with Gasteiger partial charge in [-0.1, -0.05) is 107 Å². The molecule has 0 saturated carbocycles. The number of fused-ring (bicyclic) bond motifs is 9. The van der Waals surface area contributed by atoms with Crippen LogP contribution in [0.4, 0.5) is 0 Å². The van der Waals surface area contributed by atoms with Crippen molar-refractivity contribution in [1.29, 1.82) is 0 Å². The molecule has 0 saturated heterocycles. The molecule has 44 heavy (non-hydrogen) atoms. The number of para-hydroxylation sites is 2. The first kappa shape index (κ1) is 25.8. The number of rotatable bonds is 2. The minimum atomic E-state index is -0.0430. The van der Waals surface area contributed by atoms with Crippen molar-refractivity contribution < 1.29 is 0 Å². The molecule has 2 heterocycles. The van der Waals surface area contributed by atoms with Gasteiger partial charge in [0.25, 0.3) is 0 Å². The topological polar surface area (TPSA) is 4.93 Å². The summed E-state index contributed by atoms with van der Waals surface area (Å²) in [6.07, 6.45) is 0. The molecule has 0 atom stereocenters. The Kier molecular flexibility index (Phi) is 5.24. The molecule has 0 aliphatic heterocycles. The van der Waals surface area contributed by atoms with Gasteiger partial charge in [-0.15, -0.1) is 11.3 Å². The molecule has 1 aliphatic carbocycles. The van der Waals surface area contributed by atoms with Crippen LogP contribution in [0.15, 0.2) is 127 Å². The number of benzene rings is 6. The van der Waals surface area contributed by atoms with Gasteiger partial charge in [0.2, 0.25) is 0 Å². The molecule has 8 aromatic rings. The summed E-state index contributed by atoms with van der Waals surface area (Å²) >= 11 is 1.92. The van der Waals surface area contributed by atoms with E-state index >= 15 is 0 Å². The Morgan fingerprint density at radius 3 is 1.70 bits per heavy atom. The van der Waals surface area contributed by atoms with Crippen LogP contribution in [-0.2, 0) is 10.8 Å². The third-order valence-electron chi connectivity index (χ3n) is 10.8. The molecule has 2 aromatic heterocycles. The summed E-state index contributed by atoms with van der Waals surface area (Å²) in [6, 6.07) is 47.5. The maximum atomic E-state index is 2.49. The normalized spacial score (nSPS) is 15.2. The summed E-state index contributed by atoms with van der Waals surface area (Å²) < 4.78 is 5.14. The van der Waals surface area contributed by atoms with Crippen molar-refractivity contribution >= 4 is 53.3 Å². The van der Waals surface area contributed by atoms with Gasteiger partial charge in [0.1, 0.15) is 0 Å². The van der Waals surface area contributed by atoms with Crippen LogP contribution in [0.1, 0.15) is 38.8 Å². The molecule has 0 amide bonds. The van der Waals surface area contributed by atoms with Crippen molar-refractivity contribution in [2.75, 3.05) is 0 Å². The lowest BCUT2D eigenvalue weighted by molar-refractivity contribution is 0.299. The summed E-state index contributed by atoms with van der Waals surface area (Å²) in [7, 11) is 0. The predicted octanol–water partition coefficient (Wildman–Crippen LogP) is 12.1. The van der Waals surface area contributed by atoms with Crippen LogP contribution >= 0.6 is 11.3 Å². The van der Waals surface area contributed by atoms with Crippen LogP contribution in [0, 0.1) is 0 Å². The van der Waals surface area contributed by atoms with Crippen molar-refractivity contribution in [3.05, 3.63) is 139 Å². The van der Waals surface area contributed by atoms with E-state index in [0.29, 0.717) is 0 Å². The zero-order chi connectivity index (χ0) is 29.8. The van der Waals surface area contributed by atoms with Gasteiger partial charge in [-0.05, 0) is 92.7 Å². The van der Waals surface area contributed by atoms with Crippen molar-refractivity contribution in [1.82, 2.24) is 4.57 Å². The van der Waals surface area contributed by atoms with E-state index in [1.54, 1.807) is 0 Å². The van der Waals surface area contributed by atoms with E-state index in [1.807, 2.05) is 11.3 Å². The van der Waals surface area contributed by atoms with Crippen LogP contribution in [-0.4, -0.2) is 4.57 Å². The quantitative estimate of drug-likeness (QED) is 0.191. The van der Waals surface area contributed by atoms with E-state index in [4.69, 9.17) is 0 Å². The fraction of sp³-hybridized carbons (Fsp3) is 0.143. The second-order valence-electron chi connectivity index (χ2n) is 13.4. The van der Waals surface area contributed by atoms with E-state index in [-0.39, 0.29) is 10.8 Å². The van der Waals surface area contributed by atoms with Crippen LogP contribution < -0.4 is 0 Å². The smallest absolute Gasteiger partial charge is 0.0541 e.